The van der Waals surface area contributed by atoms with Gasteiger partial charge < -0.3 is 14.5 Å². The molecule has 0 unspecified atom stereocenters. The standard InChI is InChI=1S/C24H30N2OS/c1-3-16-25(2)17-9-5-6-10-20-13-14-23-21(19-20)15-18-26(23)24(28)27-22-11-7-4-8-12-22/h3-4,7-8,11-14,19H,1,5-6,9-10,15-18H2,2H3. The van der Waals surface area contributed by atoms with Crippen molar-refractivity contribution in [3.8, 4) is 5.75 Å². The molecule has 0 spiro atoms. The van der Waals surface area contributed by atoms with Crippen molar-refractivity contribution < 1.29 is 4.74 Å². The predicted octanol–water partition coefficient (Wildman–Crippen LogP) is 5.24. The van der Waals surface area contributed by atoms with Gasteiger partial charge in [0.15, 0.2) is 0 Å². The van der Waals surface area contributed by atoms with Crippen molar-refractivity contribution in [1.29, 1.82) is 0 Å². The zero-order chi connectivity index (χ0) is 19.8. The van der Waals surface area contributed by atoms with E-state index in [4.69, 9.17) is 17.0 Å². The largest absolute Gasteiger partial charge is 0.432 e. The summed E-state index contributed by atoms with van der Waals surface area (Å²) in [5.41, 5.74) is 3.99. The highest BCUT2D eigenvalue weighted by molar-refractivity contribution is 7.80. The maximum Gasteiger partial charge on any atom is 0.269 e. The first-order valence-electron chi connectivity index (χ1n) is 10.1. The molecule has 4 heteroatoms. The van der Waals surface area contributed by atoms with E-state index >= 15 is 0 Å². The first-order valence-corrected chi connectivity index (χ1v) is 10.5. The molecule has 0 fully saturated rings. The number of rotatable bonds is 9. The van der Waals surface area contributed by atoms with Gasteiger partial charge in [-0.3, -0.25) is 0 Å². The van der Waals surface area contributed by atoms with Gasteiger partial charge in [0, 0.05) is 18.8 Å². The van der Waals surface area contributed by atoms with E-state index in [1.54, 1.807) is 0 Å². The highest BCUT2D eigenvalue weighted by Gasteiger charge is 2.23. The zero-order valence-electron chi connectivity index (χ0n) is 16.8. The van der Waals surface area contributed by atoms with Crippen LogP contribution >= 0.6 is 12.2 Å². The van der Waals surface area contributed by atoms with E-state index in [9.17, 15) is 0 Å². The Balaban J connectivity index is 1.49. The lowest BCUT2D eigenvalue weighted by Gasteiger charge is -2.20. The summed E-state index contributed by atoms with van der Waals surface area (Å²) in [5, 5.41) is 0.529. The van der Waals surface area contributed by atoms with Gasteiger partial charge in [0.1, 0.15) is 5.75 Å². The molecular formula is C24H30N2OS. The highest BCUT2D eigenvalue weighted by atomic mass is 32.1. The summed E-state index contributed by atoms with van der Waals surface area (Å²) in [6.07, 6.45) is 7.87. The molecule has 1 aliphatic heterocycles. The molecular weight excluding hydrogens is 364 g/mol. The van der Waals surface area contributed by atoms with Crippen molar-refractivity contribution in [3.63, 3.8) is 0 Å². The van der Waals surface area contributed by atoms with Gasteiger partial charge in [0.05, 0.1) is 0 Å². The molecule has 0 aliphatic carbocycles. The number of hydrogen-bond acceptors (Lipinski definition) is 3. The van der Waals surface area contributed by atoms with Crippen LogP contribution in [0.4, 0.5) is 5.69 Å². The van der Waals surface area contributed by atoms with Crippen LogP contribution in [0, 0.1) is 0 Å². The molecule has 2 aromatic rings. The quantitative estimate of drug-likeness (QED) is 0.328. The van der Waals surface area contributed by atoms with Gasteiger partial charge in [-0.15, -0.1) is 6.58 Å². The number of benzene rings is 2. The van der Waals surface area contributed by atoms with Crippen LogP contribution in [-0.4, -0.2) is 36.8 Å². The first kappa shape index (κ1) is 20.6. The van der Waals surface area contributed by atoms with Crippen molar-refractivity contribution in [2.75, 3.05) is 31.6 Å². The van der Waals surface area contributed by atoms with Crippen molar-refractivity contribution in [2.24, 2.45) is 0 Å². The molecule has 0 saturated heterocycles. The van der Waals surface area contributed by atoms with E-state index in [0.717, 1.165) is 38.2 Å². The number of thiocarbonyl (C=S) groups is 1. The van der Waals surface area contributed by atoms with Crippen LogP contribution in [0.3, 0.4) is 0 Å². The normalized spacial score (nSPS) is 12.9. The Morgan fingerprint density at radius 2 is 2.00 bits per heavy atom. The second-order valence-corrected chi connectivity index (χ2v) is 7.76. The number of aryl methyl sites for hydroxylation is 1. The molecule has 0 atom stereocenters. The fourth-order valence-corrected chi connectivity index (χ4v) is 3.93. The summed E-state index contributed by atoms with van der Waals surface area (Å²) in [6.45, 7) is 6.79. The molecule has 3 rings (SSSR count). The SMILES string of the molecule is C=CCN(C)CCCCCc1ccc2c(c1)CCN2C(=S)Oc1ccccc1. The van der Waals surface area contributed by atoms with Crippen molar-refractivity contribution >= 4 is 23.1 Å². The third-order valence-corrected chi connectivity index (χ3v) is 5.46. The van der Waals surface area contributed by atoms with Crippen LogP contribution in [-0.2, 0) is 12.8 Å². The number of likely N-dealkylation sites (N-methyl/N-ethyl adjacent to an activating group) is 1. The number of unbranched alkanes of at least 4 members (excludes halogenated alkanes) is 2. The summed E-state index contributed by atoms with van der Waals surface area (Å²) in [5.74, 6) is 0.788. The van der Waals surface area contributed by atoms with Crippen LogP contribution in [0.2, 0.25) is 0 Å². The minimum Gasteiger partial charge on any atom is -0.432 e. The maximum absolute atomic E-state index is 5.86. The molecule has 0 N–H and O–H groups in total. The van der Waals surface area contributed by atoms with Crippen LogP contribution in [0.1, 0.15) is 30.4 Å². The molecule has 0 aromatic heterocycles. The van der Waals surface area contributed by atoms with Gasteiger partial charge in [-0.2, -0.15) is 0 Å². The molecule has 0 amide bonds. The number of fused-ring (bicyclic) bond motifs is 1. The third-order valence-electron chi connectivity index (χ3n) is 5.15. The van der Waals surface area contributed by atoms with Gasteiger partial charge in [0.25, 0.3) is 5.17 Å². The van der Waals surface area contributed by atoms with Crippen LogP contribution in [0.25, 0.3) is 0 Å². The van der Waals surface area contributed by atoms with E-state index in [1.807, 2.05) is 36.4 Å². The average Bonchev–Trinajstić information content (AvgIpc) is 3.12. The molecule has 0 radical (unpaired) electrons. The highest BCUT2D eigenvalue weighted by Crippen LogP contribution is 2.30. The van der Waals surface area contributed by atoms with Gasteiger partial charge >= 0.3 is 0 Å². The lowest BCUT2D eigenvalue weighted by Crippen LogP contribution is -2.31. The molecule has 3 nitrogen and oxygen atoms in total. The fraction of sp³-hybridized carbons (Fsp3) is 0.375. The first-order chi connectivity index (χ1) is 13.7. The van der Waals surface area contributed by atoms with E-state index in [0.29, 0.717) is 5.17 Å². The molecule has 148 valence electrons. The van der Waals surface area contributed by atoms with Crippen molar-refractivity contribution in [3.05, 3.63) is 72.3 Å². The molecule has 0 saturated carbocycles. The van der Waals surface area contributed by atoms with Crippen molar-refractivity contribution in [2.45, 2.75) is 32.1 Å². The van der Waals surface area contributed by atoms with Crippen LogP contribution < -0.4 is 9.64 Å². The van der Waals surface area contributed by atoms with Gasteiger partial charge in [-0.1, -0.05) is 42.8 Å². The number of nitrogens with zero attached hydrogens (tertiary/aromatic N) is 2. The van der Waals surface area contributed by atoms with E-state index in [1.165, 1.54) is 36.1 Å². The molecule has 28 heavy (non-hydrogen) atoms. The van der Waals surface area contributed by atoms with Crippen molar-refractivity contribution in [1.82, 2.24) is 4.90 Å². The summed E-state index contributed by atoms with van der Waals surface area (Å²) in [4.78, 5) is 4.42. The van der Waals surface area contributed by atoms with E-state index in [-0.39, 0.29) is 0 Å². The summed E-state index contributed by atoms with van der Waals surface area (Å²) < 4.78 is 5.86. The molecule has 1 heterocycles. The molecule has 1 aliphatic rings. The Bertz CT molecular complexity index is 790. The van der Waals surface area contributed by atoms with E-state index < -0.39 is 0 Å². The smallest absolute Gasteiger partial charge is 0.269 e. The molecule has 2 aromatic carbocycles. The Kier molecular flexibility index (Phi) is 7.63. The zero-order valence-corrected chi connectivity index (χ0v) is 17.6. The Hall–Kier alpha value is -2.17. The Labute approximate surface area is 174 Å². The predicted molar refractivity (Wildman–Crippen MR) is 122 cm³/mol. The van der Waals surface area contributed by atoms with Crippen LogP contribution in [0.5, 0.6) is 5.75 Å². The lowest BCUT2D eigenvalue weighted by molar-refractivity contribution is 0.358. The van der Waals surface area contributed by atoms with Crippen LogP contribution in [0.15, 0.2) is 61.2 Å². The minimum absolute atomic E-state index is 0.529. The molecule has 0 bridgehead atoms. The Morgan fingerprint density at radius 3 is 2.79 bits per heavy atom. The summed E-state index contributed by atoms with van der Waals surface area (Å²) in [7, 11) is 2.15. The third kappa shape index (κ3) is 5.66. The Morgan fingerprint density at radius 1 is 1.18 bits per heavy atom. The number of hydrogen-bond donors (Lipinski definition) is 0. The fourth-order valence-electron chi connectivity index (χ4n) is 3.64. The topological polar surface area (TPSA) is 15.7 Å². The number of para-hydroxylation sites is 1. The monoisotopic (exact) mass is 394 g/mol. The maximum atomic E-state index is 5.86. The minimum atomic E-state index is 0.529. The summed E-state index contributed by atoms with van der Waals surface area (Å²) >= 11 is 5.54. The van der Waals surface area contributed by atoms with Gasteiger partial charge in [-0.05, 0) is 80.8 Å². The summed E-state index contributed by atoms with van der Waals surface area (Å²) in [6, 6.07) is 16.6. The van der Waals surface area contributed by atoms with Gasteiger partial charge in [-0.25, -0.2) is 0 Å². The average molecular weight is 395 g/mol. The van der Waals surface area contributed by atoms with E-state index in [2.05, 4.69) is 41.6 Å². The number of ether oxygens (including phenoxy) is 1. The number of anilines is 1. The second kappa shape index (κ2) is 10.4. The lowest BCUT2D eigenvalue weighted by atomic mass is 10.0. The second-order valence-electron chi connectivity index (χ2n) is 7.41. The van der Waals surface area contributed by atoms with Gasteiger partial charge in [0.2, 0.25) is 0 Å².